The van der Waals surface area contributed by atoms with Crippen molar-refractivity contribution in [1.29, 1.82) is 0 Å². The van der Waals surface area contributed by atoms with Crippen LogP contribution in [-0.2, 0) is 11.8 Å². The lowest BCUT2D eigenvalue weighted by Crippen LogP contribution is -2.48. The Balaban J connectivity index is 0.00000220. The fraction of sp³-hybridized carbons (Fsp3) is 0.571. The van der Waals surface area contributed by atoms with E-state index in [9.17, 15) is 0 Å². The van der Waals surface area contributed by atoms with Crippen molar-refractivity contribution in [2.24, 2.45) is 12.0 Å². The minimum Gasteiger partial charge on any atom is -0.370 e. The second-order valence-electron chi connectivity index (χ2n) is 4.68. The monoisotopic (exact) mass is 403 g/mol. The molecule has 1 N–H and O–H groups in total. The quantitative estimate of drug-likeness (QED) is 0.269. The van der Waals surface area contributed by atoms with E-state index in [2.05, 4.69) is 26.2 Å². The zero-order chi connectivity index (χ0) is 14.4. The van der Waals surface area contributed by atoms with Crippen molar-refractivity contribution in [3.8, 4) is 12.3 Å². The van der Waals surface area contributed by atoms with Crippen LogP contribution in [0, 0.1) is 12.3 Å². The number of aryl methyl sites for hydroxylation is 1. The largest absolute Gasteiger partial charge is 0.370 e. The Labute approximate surface area is 143 Å². The molecule has 21 heavy (non-hydrogen) atoms. The second-order valence-corrected chi connectivity index (χ2v) is 4.68. The zero-order valence-electron chi connectivity index (χ0n) is 12.5. The number of guanidine groups is 1. The van der Waals surface area contributed by atoms with Crippen molar-refractivity contribution in [2.45, 2.75) is 12.5 Å². The van der Waals surface area contributed by atoms with Gasteiger partial charge in [-0.3, -0.25) is 9.67 Å². The van der Waals surface area contributed by atoms with Crippen LogP contribution >= 0.6 is 24.0 Å². The van der Waals surface area contributed by atoms with Crippen LogP contribution in [0.4, 0.5) is 0 Å². The van der Waals surface area contributed by atoms with Crippen molar-refractivity contribution < 1.29 is 4.74 Å². The summed E-state index contributed by atoms with van der Waals surface area (Å²) in [6.45, 7) is 3.00. The van der Waals surface area contributed by atoms with Gasteiger partial charge < -0.3 is 15.0 Å². The van der Waals surface area contributed by atoms with Crippen LogP contribution in [0.15, 0.2) is 17.4 Å². The third kappa shape index (κ3) is 4.89. The number of rotatable bonds is 3. The smallest absolute Gasteiger partial charge is 0.193 e. The van der Waals surface area contributed by atoms with E-state index >= 15 is 0 Å². The molecule has 0 saturated carbocycles. The van der Waals surface area contributed by atoms with Crippen molar-refractivity contribution in [1.82, 2.24) is 20.0 Å². The molecular weight excluding hydrogens is 381 g/mol. The van der Waals surface area contributed by atoms with Gasteiger partial charge in [-0.05, 0) is 0 Å². The molecule has 0 aliphatic carbocycles. The van der Waals surface area contributed by atoms with E-state index in [1.165, 1.54) is 0 Å². The first-order valence-corrected chi connectivity index (χ1v) is 6.73. The van der Waals surface area contributed by atoms with Gasteiger partial charge in [0.05, 0.1) is 19.3 Å². The van der Waals surface area contributed by atoms with Gasteiger partial charge in [-0.2, -0.15) is 5.10 Å². The Hall–Kier alpha value is -1.27. The fourth-order valence-electron chi connectivity index (χ4n) is 2.23. The number of nitrogens with one attached hydrogen (secondary N) is 1. The molecule has 1 fully saturated rings. The molecule has 116 valence electrons. The van der Waals surface area contributed by atoms with Crippen LogP contribution < -0.4 is 5.32 Å². The predicted octanol–water partition coefficient (Wildman–Crippen LogP) is 1.01. The predicted molar refractivity (Wildman–Crippen MR) is 93.7 cm³/mol. The maximum atomic E-state index is 5.82. The van der Waals surface area contributed by atoms with Crippen molar-refractivity contribution in [3.63, 3.8) is 0 Å². The van der Waals surface area contributed by atoms with Gasteiger partial charge in [0.25, 0.3) is 0 Å². The number of aliphatic imine (C=N–C) groups is 1. The Morgan fingerprint density at radius 1 is 1.67 bits per heavy atom. The van der Waals surface area contributed by atoms with Gasteiger partial charge in [0.2, 0.25) is 0 Å². The second kappa shape index (κ2) is 8.89. The maximum Gasteiger partial charge on any atom is 0.193 e. The third-order valence-electron chi connectivity index (χ3n) is 3.23. The minimum absolute atomic E-state index is 0. The summed E-state index contributed by atoms with van der Waals surface area (Å²) in [5.41, 5.74) is 1.09. The van der Waals surface area contributed by atoms with Crippen LogP contribution in [0.2, 0.25) is 0 Å². The Morgan fingerprint density at radius 3 is 3.10 bits per heavy atom. The summed E-state index contributed by atoms with van der Waals surface area (Å²) in [5, 5.41) is 7.47. The van der Waals surface area contributed by atoms with Gasteiger partial charge in [0.15, 0.2) is 5.96 Å². The van der Waals surface area contributed by atoms with E-state index in [1.54, 1.807) is 11.7 Å². The van der Waals surface area contributed by atoms with E-state index in [-0.39, 0.29) is 30.1 Å². The lowest BCUT2D eigenvalue weighted by molar-refractivity contribution is -0.00800. The molecule has 0 radical (unpaired) electrons. The topological polar surface area (TPSA) is 54.7 Å². The highest BCUT2D eigenvalue weighted by molar-refractivity contribution is 14.0. The van der Waals surface area contributed by atoms with Crippen LogP contribution in [0.1, 0.15) is 18.1 Å². The molecule has 1 aliphatic heterocycles. The molecular formula is C14H22IN5O. The first-order chi connectivity index (χ1) is 9.74. The van der Waals surface area contributed by atoms with Gasteiger partial charge in [-0.15, -0.1) is 36.3 Å². The van der Waals surface area contributed by atoms with Crippen molar-refractivity contribution in [2.75, 3.05) is 33.3 Å². The third-order valence-corrected chi connectivity index (χ3v) is 3.23. The highest BCUT2D eigenvalue weighted by Gasteiger charge is 2.24. The van der Waals surface area contributed by atoms with Crippen LogP contribution in [0.5, 0.6) is 0 Å². The molecule has 0 aromatic carbocycles. The fourth-order valence-corrected chi connectivity index (χ4v) is 2.23. The standard InChI is InChI=1S/C14H21N5O.HI/c1-4-5-6-16-14(15-2)19-7-8-20-13(11-19)12-9-17-18(3)10-12;/h1,9-10,13H,5-8,11H2,2-3H3,(H,15,16);1H. The molecule has 0 amide bonds. The lowest BCUT2D eigenvalue weighted by Gasteiger charge is -2.34. The first-order valence-electron chi connectivity index (χ1n) is 6.73. The van der Waals surface area contributed by atoms with Crippen LogP contribution in [0.3, 0.4) is 0 Å². The molecule has 1 unspecified atom stereocenters. The molecule has 1 aromatic rings. The van der Waals surface area contributed by atoms with Gasteiger partial charge in [-0.1, -0.05) is 0 Å². The van der Waals surface area contributed by atoms with E-state index in [0.29, 0.717) is 13.0 Å². The normalized spacial score (nSPS) is 18.8. The van der Waals surface area contributed by atoms with E-state index in [0.717, 1.165) is 31.2 Å². The maximum absolute atomic E-state index is 5.82. The lowest BCUT2D eigenvalue weighted by atomic mass is 10.1. The summed E-state index contributed by atoms with van der Waals surface area (Å²) in [4.78, 5) is 6.50. The molecule has 2 heterocycles. The molecule has 1 atom stereocenters. The number of terminal acetylenes is 1. The number of hydrogen-bond acceptors (Lipinski definition) is 3. The SMILES string of the molecule is C#CCCNC(=NC)N1CCOC(c2cnn(C)c2)C1.I. The van der Waals surface area contributed by atoms with Crippen LogP contribution in [0.25, 0.3) is 0 Å². The number of nitrogens with zero attached hydrogens (tertiary/aromatic N) is 4. The minimum atomic E-state index is 0. The summed E-state index contributed by atoms with van der Waals surface area (Å²) >= 11 is 0. The number of hydrogen-bond donors (Lipinski definition) is 1. The van der Waals surface area contributed by atoms with Crippen molar-refractivity contribution in [3.05, 3.63) is 18.0 Å². The molecule has 7 heteroatoms. The Kier molecular flexibility index (Phi) is 7.53. The van der Waals surface area contributed by atoms with Gasteiger partial charge >= 0.3 is 0 Å². The first kappa shape index (κ1) is 17.8. The van der Waals surface area contributed by atoms with Crippen molar-refractivity contribution >= 4 is 29.9 Å². The summed E-state index contributed by atoms with van der Waals surface area (Å²) in [6.07, 6.45) is 9.82. The summed E-state index contributed by atoms with van der Waals surface area (Å²) in [5.74, 6) is 3.49. The summed E-state index contributed by atoms with van der Waals surface area (Å²) < 4.78 is 7.61. The highest BCUT2D eigenvalue weighted by atomic mass is 127. The average Bonchev–Trinajstić information content (AvgIpc) is 2.90. The van der Waals surface area contributed by atoms with Crippen LogP contribution in [-0.4, -0.2) is 53.9 Å². The molecule has 1 saturated heterocycles. The molecule has 6 nitrogen and oxygen atoms in total. The van der Waals surface area contributed by atoms with Gasteiger partial charge in [-0.25, -0.2) is 0 Å². The number of halogens is 1. The van der Waals surface area contributed by atoms with E-state index < -0.39 is 0 Å². The molecule has 1 aliphatic rings. The summed E-state index contributed by atoms with van der Waals surface area (Å²) in [7, 11) is 3.69. The number of ether oxygens (including phenoxy) is 1. The zero-order valence-corrected chi connectivity index (χ0v) is 14.8. The highest BCUT2D eigenvalue weighted by Crippen LogP contribution is 2.21. The average molecular weight is 403 g/mol. The molecule has 0 spiro atoms. The summed E-state index contributed by atoms with van der Waals surface area (Å²) in [6, 6.07) is 0. The Morgan fingerprint density at radius 2 is 2.48 bits per heavy atom. The molecule has 2 rings (SSSR count). The van der Waals surface area contributed by atoms with E-state index in [4.69, 9.17) is 11.2 Å². The Bertz CT molecular complexity index is 508. The molecule has 0 bridgehead atoms. The molecule has 1 aromatic heterocycles. The van der Waals surface area contributed by atoms with E-state index in [1.807, 2.05) is 19.4 Å². The number of morpholine rings is 1. The van der Waals surface area contributed by atoms with Gasteiger partial charge in [0, 0.05) is 45.4 Å². The van der Waals surface area contributed by atoms with Gasteiger partial charge in [0.1, 0.15) is 6.10 Å². The number of aromatic nitrogens is 2.